The van der Waals surface area contributed by atoms with Gasteiger partial charge in [0.1, 0.15) is 0 Å². The summed E-state index contributed by atoms with van der Waals surface area (Å²) in [6, 6.07) is 0. The third-order valence-electron chi connectivity index (χ3n) is 2.09. The lowest BCUT2D eigenvalue weighted by Crippen LogP contribution is -1.93. The van der Waals surface area contributed by atoms with E-state index in [-0.39, 0.29) is 12.8 Å². The van der Waals surface area contributed by atoms with Gasteiger partial charge in [-0.05, 0) is 6.42 Å². The van der Waals surface area contributed by atoms with E-state index in [2.05, 4.69) is 0 Å². The van der Waals surface area contributed by atoms with E-state index in [0.29, 0.717) is 19.3 Å². The molecule has 0 spiro atoms. The zero-order valence-corrected chi connectivity index (χ0v) is 9.01. The first-order chi connectivity index (χ1) is 10.7. The Hall–Kier alpha value is -0.530. The van der Waals surface area contributed by atoms with Crippen molar-refractivity contribution in [3.05, 3.63) is 0 Å². The SMILES string of the molecule is [2H]C([2H])([2H])C([2H])([2H])C([2H])([2H])C([2H])([2H])CCCCCCCCC(=O)O. The molecule has 0 fully saturated rings. The van der Waals surface area contributed by atoms with Crippen molar-refractivity contribution in [2.45, 2.75) is 77.3 Å². The molecule has 0 atom stereocenters. The van der Waals surface area contributed by atoms with Crippen molar-refractivity contribution >= 4 is 5.97 Å². The molecule has 0 aliphatic rings. The largest absolute Gasteiger partial charge is 0.481 e. The third-order valence-corrected chi connectivity index (χ3v) is 2.09. The lowest BCUT2D eigenvalue weighted by molar-refractivity contribution is -0.137. The van der Waals surface area contributed by atoms with Gasteiger partial charge in [0.05, 0.1) is 0 Å². The Balaban J connectivity index is 4.37. The monoisotopic (exact) mass is 223 g/mol. The van der Waals surface area contributed by atoms with E-state index in [1.54, 1.807) is 0 Å². The molecule has 0 aromatic rings. The molecule has 0 saturated carbocycles. The van der Waals surface area contributed by atoms with Crippen molar-refractivity contribution in [1.29, 1.82) is 0 Å². The molecule has 1 N–H and O–H groups in total. The first-order valence-electron chi connectivity index (χ1n) is 9.88. The van der Waals surface area contributed by atoms with Crippen LogP contribution < -0.4 is 0 Å². The van der Waals surface area contributed by atoms with Gasteiger partial charge >= 0.3 is 5.97 Å². The zero-order valence-electron chi connectivity index (χ0n) is 18.0. The summed E-state index contributed by atoms with van der Waals surface area (Å²) in [5.41, 5.74) is 0. The van der Waals surface area contributed by atoms with Gasteiger partial charge in [0, 0.05) is 18.8 Å². The molecule has 0 aromatic carbocycles. The lowest BCUT2D eigenvalue weighted by atomic mass is 10.1. The predicted molar refractivity (Wildman–Crippen MR) is 64.1 cm³/mol. The van der Waals surface area contributed by atoms with Crippen LogP contribution in [0.5, 0.6) is 0 Å². The topological polar surface area (TPSA) is 37.3 Å². The minimum Gasteiger partial charge on any atom is -0.481 e. The summed E-state index contributed by atoms with van der Waals surface area (Å²) < 4.78 is 67.4. The normalized spacial score (nSPS) is 23.1. The number of carbonyl (C=O) groups is 1. The highest BCUT2D eigenvalue weighted by atomic mass is 16.4. The van der Waals surface area contributed by atoms with E-state index < -0.39 is 31.9 Å². The summed E-state index contributed by atoms with van der Waals surface area (Å²) in [5, 5.41) is 8.50. The van der Waals surface area contributed by atoms with Crippen LogP contribution in [0.2, 0.25) is 0 Å². The van der Waals surface area contributed by atoms with Gasteiger partial charge in [-0.2, -0.15) is 0 Å². The van der Waals surface area contributed by atoms with Gasteiger partial charge in [-0.25, -0.2) is 0 Å². The fourth-order valence-corrected chi connectivity index (χ4v) is 1.30. The van der Waals surface area contributed by atoms with Crippen molar-refractivity contribution in [3.8, 4) is 0 Å². The molecule has 2 heteroatoms. The highest BCUT2D eigenvalue weighted by Crippen LogP contribution is 2.10. The maximum absolute atomic E-state index is 10.3. The maximum atomic E-state index is 10.3. The predicted octanol–water partition coefficient (Wildman–Crippen LogP) is 4.38. The molecule has 2 nitrogen and oxygen atoms in total. The van der Waals surface area contributed by atoms with Gasteiger partial charge in [-0.15, -0.1) is 0 Å². The second-order valence-corrected chi connectivity index (χ2v) is 3.44. The number of carboxylic acids is 1. The molecule has 0 bridgehead atoms. The van der Waals surface area contributed by atoms with Gasteiger partial charge in [0.2, 0.25) is 0 Å². The Kier molecular flexibility index (Phi) is 4.00. The van der Waals surface area contributed by atoms with Gasteiger partial charge in [0.15, 0.2) is 0 Å². The summed E-state index contributed by atoms with van der Waals surface area (Å²) in [6.07, 6.45) is -5.43. The van der Waals surface area contributed by atoms with Crippen LogP contribution in [-0.2, 0) is 4.79 Å². The van der Waals surface area contributed by atoms with Crippen LogP contribution in [0.4, 0.5) is 0 Å². The van der Waals surface area contributed by atoms with Gasteiger partial charge < -0.3 is 5.11 Å². The van der Waals surface area contributed by atoms with Crippen LogP contribution in [0.3, 0.4) is 0 Å². The van der Waals surface area contributed by atoms with E-state index in [1.165, 1.54) is 0 Å². The number of rotatable bonds is 11. The van der Waals surface area contributed by atoms with E-state index >= 15 is 0 Å². The second-order valence-electron chi connectivity index (χ2n) is 3.44. The summed E-state index contributed by atoms with van der Waals surface area (Å²) in [5.74, 6) is -0.839. The summed E-state index contributed by atoms with van der Waals surface area (Å²) in [4.78, 5) is 10.3. The first-order valence-corrected chi connectivity index (χ1v) is 5.38. The van der Waals surface area contributed by atoms with Gasteiger partial charge in [0.25, 0.3) is 0 Å². The molecular formula is C13H26O2. The minimum absolute atomic E-state index is 0.118. The van der Waals surface area contributed by atoms with Gasteiger partial charge in [-0.1, -0.05) is 64.5 Å². The van der Waals surface area contributed by atoms with E-state index in [1.807, 2.05) is 0 Å². The number of hydrogen-bond acceptors (Lipinski definition) is 1. The fraction of sp³-hybridized carbons (Fsp3) is 0.923. The number of hydrogen-bond donors (Lipinski definition) is 1. The highest BCUT2D eigenvalue weighted by molar-refractivity contribution is 5.66. The van der Waals surface area contributed by atoms with E-state index in [0.717, 1.165) is 19.3 Å². The molecule has 0 unspecified atom stereocenters. The number of aliphatic carboxylic acids is 1. The summed E-state index contributed by atoms with van der Waals surface area (Å²) in [6.45, 7) is -3.26. The van der Waals surface area contributed by atoms with Crippen molar-refractivity contribution in [3.63, 3.8) is 0 Å². The third kappa shape index (κ3) is 13.5. The van der Waals surface area contributed by atoms with Crippen molar-refractivity contribution in [2.75, 3.05) is 0 Å². The number of carboxylic acid groups (broad SMARTS) is 1. The van der Waals surface area contributed by atoms with Crippen LogP contribution in [0.15, 0.2) is 0 Å². The highest BCUT2D eigenvalue weighted by Gasteiger charge is 1.96. The molecule has 0 radical (unpaired) electrons. The Morgan fingerprint density at radius 1 is 1.07 bits per heavy atom. The van der Waals surface area contributed by atoms with Crippen molar-refractivity contribution in [2.24, 2.45) is 0 Å². The van der Waals surface area contributed by atoms with E-state index in [4.69, 9.17) is 17.4 Å². The van der Waals surface area contributed by atoms with Gasteiger partial charge in [-0.3, -0.25) is 4.79 Å². The second kappa shape index (κ2) is 11.5. The molecular weight excluding hydrogens is 188 g/mol. The van der Waals surface area contributed by atoms with Crippen LogP contribution in [0, 0.1) is 0 Å². The minimum atomic E-state index is -3.29. The Morgan fingerprint density at radius 3 is 2.27 bits per heavy atom. The first kappa shape index (κ1) is 5.20. The van der Waals surface area contributed by atoms with Crippen molar-refractivity contribution < 1.29 is 22.2 Å². The van der Waals surface area contributed by atoms with Crippen LogP contribution in [0.25, 0.3) is 0 Å². The van der Waals surface area contributed by atoms with Crippen LogP contribution >= 0.6 is 0 Å². The molecule has 0 saturated heterocycles. The summed E-state index contributed by atoms with van der Waals surface area (Å²) in [7, 11) is 0. The average molecular weight is 223 g/mol. The average Bonchev–Trinajstić information content (AvgIpc) is 2.39. The molecule has 0 aliphatic heterocycles. The van der Waals surface area contributed by atoms with Crippen LogP contribution in [-0.4, -0.2) is 11.1 Å². The molecule has 15 heavy (non-hydrogen) atoms. The van der Waals surface area contributed by atoms with E-state index in [9.17, 15) is 4.79 Å². The smallest absolute Gasteiger partial charge is 0.303 e. The molecule has 0 amide bonds. The molecule has 0 heterocycles. The maximum Gasteiger partial charge on any atom is 0.303 e. The van der Waals surface area contributed by atoms with Crippen LogP contribution in [0.1, 0.15) is 89.7 Å². The lowest BCUT2D eigenvalue weighted by Gasteiger charge is -2.01. The molecule has 0 rings (SSSR count). The standard InChI is InChI=1S/C13H26O2/c1-2-3-4-5-6-7-8-9-10-11-12-13(14)15/h2-12H2,1H3,(H,14,15)/i1D3,2D2,3D2,4D2. The molecule has 0 aliphatic carbocycles. The Labute approximate surface area is 107 Å². The Bertz CT molecular complexity index is 405. The molecule has 0 aromatic heterocycles. The Morgan fingerprint density at radius 2 is 1.67 bits per heavy atom. The van der Waals surface area contributed by atoms with Crippen molar-refractivity contribution in [1.82, 2.24) is 0 Å². The fourth-order valence-electron chi connectivity index (χ4n) is 1.30. The molecule has 90 valence electrons. The quantitative estimate of drug-likeness (QED) is 0.528. The zero-order chi connectivity index (χ0) is 19.2. The number of unbranched alkanes of at least 4 members (excludes halogenated alkanes) is 5. The summed E-state index contributed by atoms with van der Waals surface area (Å²) >= 11 is 0.